The van der Waals surface area contributed by atoms with Crippen LogP contribution in [0.4, 0.5) is 17.1 Å². The van der Waals surface area contributed by atoms with Gasteiger partial charge in [-0.3, -0.25) is 4.98 Å². The lowest BCUT2D eigenvalue weighted by molar-refractivity contribution is 1.02. The van der Waals surface area contributed by atoms with Crippen LogP contribution in [0, 0.1) is 0 Å². The standard InChI is InChI=1S/C37H26N2S/c1-3-11-27(12-4-1)39(28-13-5-2-6-14-28)29-19-17-25(18-20-29)33-24-26-10-9-23-38-36(26)35-31(33)21-22-32-30-15-7-8-16-34(30)40-37(32)35/h1-7,9-15,17-24H,8,16H2. The number of hydrogen-bond donors (Lipinski definition) is 0. The van der Waals surface area contributed by atoms with Crippen molar-refractivity contribution in [1.29, 1.82) is 0 Å². The highest BCUT2D eigenvalue weighted by Crippen LogP contribution is 2.45. The third-order valence-electron chi connectivity index (χ3n) is 7.93. The summed E-state index contributed by atoms with van der Waals surface area (Å²) >= 11 is 1.95. The molecule has 0 saturated heterocycles. The average molecular weight is 531 g/mol. The summed E-state index contributed by atoms with van der Waals surface area (Å²) < 4.78 is 1.36. The summed E-state index contributed by atoms with van der Waals surface area (Å²) in [6.45, 7) is 0. The van der Waals surface area contributed by atoms with Gasteiger partial charge in [0, 0.05) is 49.0 Å². The first kappa shape index (κ1) is 23.2. The number of allylic oxidation sites excluding steroid dienone is 1. The lowest BCUT2D eigenvalue weighted by Gasteiger charge is -2.25. The number of anilines is 3. The Morgan fingerprint density at radius 2 is 1.38 bits per heavy atom. The summed E-state index contributed by atoms with van der Waals surface area (Å²) in [5.74, 6) is 0. The van der Waals surface area contributed by atoms with Gasteiger partial charge in [-0.25, -0.2) is 0 Å². The number of rotatable bonds is 4. The van der Waals surface area contributed by atoms with Gasteiger partial charge in [0.1, 0.15) is 0 Å². The van der Waals surface area contributed by atoms with Crippen LogP contribution in [-0.2, 0) is 6.42 Å². The first-order valence-electron chi connectivity index (χ1n) is 13.8. The minimum absolute atomic E-state index is 1.09. The van der Waals surface area contributed by atoms with E-state index in [0.717, 1.165) is 35.4 Å². The van der Waals surface area contributed by atoms with Crippen molar-refractivity contribution in [1.82, 2.24) is 4.98 Å². The Hall–Kier alpha value is -4.73. The van der Waals surface area contributed by atoms with Crippen molar-refractivity contribution in [3.63, 3.8) is 0 Å². The van der Waals surface area contributed by atoms with Crippen LogP contribution in [0.5, 0.6) is 0 Å². The van der Waals surface area contributed by atoms with Crippen LogP contribution in [0.3, 0.4) is 0 Å². The van der Waals surface area contributed by atoms with Crippen LogP contribution in [0.1, 0.15) is 16.9 Å². The zero-order chi connectivity index (χ0) is 26.5. The second-order valence-corrected chi connectivity index (χ2v) is 11.4. The normalized spacial score (nSPS) is 12.7. The molecule has 1 aliphatic carbocycles. The Labute approximate surface area is 237 Å². The largest absolute Gasteiger partial charge is 0.311 e. The molecule has 0 N–H and O–H groups in total. The molecule has 2 aromatic heterocycles. The molecular formula is C37H26N2S. The molecule has 2 nitrogen and oxygen atoms in total. The third-order valence-corrected chi connectivity index (χ3v) is 9.23. The number of hydrogen-bond acceptors (Lipinski definition) is 3. The molecule has 0 saturated carbocycles. The molecule has 7 aromatic rings. The van der Waals surface area contributed by atoms with E-state index in [4.69, 9.17) is 4.98 Å². The molecular weight excluding hydrogens is 504 g/mol. The van der Waals surface area contributed by atoms with Crippen LogP contribution >= 0.6 is 11.3 Å². The van der Waals surface area contributed by atoms with E-state index in [1.165, 1.54) is 47.8 Å². The van der Waals surface area contributed by atoms with Crippen molar-refractivity contribution < 1.29 is 0 Å². The first-order valence-corrected chi connectivity index (χ1v) is 14.6. The van der Waals surface area contributed by atoms with Crippen LogP contribution in [0.15, 0.2) is 128 Å². The molecule has 0 aliphatic heterocycles. The van der Waals surface area contributed by atoms with E-state index in [-0.39, 0.29) is 0 Å². The molecule has 0 amide bonds. The number of benzene rings is 5. The monoisotopic (exact) mass is 530 g/mol. The van der Waals surface area contributed by atoms with Gasteiger partial charge in [0.2, 0.25) is 0 Å². The molecule has 190 valence electrons. The van der Waals surface area contributed by atoms with E-state index in [0.29, 0.717) is 0 Å². The fourth-order valence-electron chi connectivity index (χ4n) is 6.08. The van der Waals surface area contributed by atoms with E-state index >= 15 is 0 Å². The second-order valence-electron chi connectivity index (χ2n) is 10.3. The summed E-state index contributed by atoms with van der Waals surface area (Å²) in [5, 5.41) is 5.07. The number of thiophene rings is 1. The SMILES string of the molecule is C1=Cc2c(sc3c2ccc2c(-c4ccc(N(c5ccccc5)c5ccccc5)cc4)cc4cccnc4c23)CC1. The molecule has 3 heteroatoms. The maximum atomic E-state index is 4.89. The predicted octanol–water partition coefficient (Wildman–Crippen LogP) is 10.7. The van der Waals surface area contributed by atoms with Gasteiger partial charge in [-0.15, -0.1) is 11.3 Å². The molecule has 0 atom stereocenters. The lowest BCUT2D eigenvalue weighted by atomic mass is 9.93. The Kier molecular flexibility index (Phi) is 5.49. The van der Waals surface area contributed by atoms with Crippen LogP contribution < -0.4 is 4.90 Å². The molecule has 0 unspecified atom stereocenters. The minimum Gasteiger partial charge on any atom is -0.311 e. The zero-order valence-corrected chi connectivity index (χ0v) is 22.7. The Balaban J connectivity index is 1.32. The van der Waals surface area contributed by atoms with Crippen molar-refractivity contribution in [3.05, 3.63) is 138 Å². The number of aromatic nitrogens is 1. The summed E-state index contributed by atoms with van der Waals surface area (Å²) in [7, 11) is 0. The molecule has 1 aliphatic rings. The van der Waals surface area contributed by atoms with Crippen molar-refractivity contribution in [3.8, 4) is 11.1 Å². The van der Waals surface area contributed by atoms with Crippen molar-refractivity contribution in [2.45, 2.75) is 12.8 Å². The van der Waals surface area contributed by atoms with Gasteiger partial charge in [0.15, 0.2) is 0 Å². The van der Waals surface area contributed by atoms with Gasteiger partial charge in [0.05, 0.1) is 5.52 Å². The van der Waals surface area contributed by atoms with E-state index in [2.05, 4.69) is 126 Å². The van der Waals surface area contributed by atoms with E-state index < -0.39 is 0 Å². The second kappa shape index (κ2) is 9.48. The number of fused-ring (bicyclic) bond motifs is 7. The first-order chi connectivity index (χ1) is 19.8. The summed E-state index contributed by atoms with van der Waals surface area (Å²) in [6.07, 6.45) is 8.79. The summed E-state index contributed by atoms with van der Waals surface area (Å²) in [4.78, 5) is 8.68. The smallest absolute Gasteiger partial charge is 0.0795 e. The fraction of sp³-hybridized carbons (Fsp3) is 0.0541. The van der Waals surface area contributed by atoms with Crippen LogP contribution in [0.25, 0.3) is 49.0 Å². The van der Waals surface area contributed by atoms with Gasteiger partial charge >= 0.3 is 0 Å². The number of para-hydroxylation sites is 2. The van der Waals surface area contributed by atoms with Gasteiger partial charge in [0.25, 0.3) is 0 Å². The molecule has 40 heavy (non-hydrogen) atoms. The fourth-order valence-corrected chi connectivity index (χ4v) is 7.43. The molecule has 0 radical (unpaired) electrons. The molecule has 2 heterocycles. The van der Waals surface area contributed by atoms with E-state index in [1.54, 1.807) is 0 Å². The van der Waals surface area contributed by atoms with Crippen LogP contribution in [0.2, 0.25) is 0 Å². The maximum absolute atomic E-state index is 4.89. The molecule has 0 bridgehead atoms. The summed E-state index contributed by atoms with van der Waals surface area (Å²) in [6, 6.07) is 41.3. The number of aryl methyl sites for hydroxylation is 1. The van der Waals surface area contributed by atoms with Crippen LogP contribution in [-0.4, -0.2) is 4.98 Å². The highest BCUT2D eigenvalue weighted by Gasteiger charge is 2.19. The maximum Gasteiger partial charge on any atom is 0.0795 e. The highest BCUT2D eigenvalue weighted by molar-refractivity contribution is 7.20. The van der Waals surface area contributed by atoms with Crippen molar-refractivity contribution >= 4 is 66.2 Å². The number of nitrogens with zero attached hydrogens (tertiary/aromatic N) is 2. The Morgan fingerprint density at radius 3 is 2.12 bits per heavy atom. The highest BCUT2D eigenvalue weighted by atomic mass is 32.1. The Bertz CT molecular complexity index is 2000. The van der Waals surface area contributed by atoms with Crippen molar-refractivity contribution in [2.75, 3.05) is 4.90 Å². The Morgan fingerprint density at radius 1 is 0.675 bits per heavy atom. The minimum atomic E-state index is 1.09. The molecule has 0 fully saturated rings. The molecule has 5 aromatic carbocycles. The molecule has 8 rings (SSSR count). The van der Waals surface area contributed by atoms with E-state index in [1.807, 2.05) is 23.6 Å². The van der Waals surface area contributed by atoms with Gasteiger partial charge in [-0.05, 0) is 83.4 Å². The van der Waals surface area contributed by atoms with Gasteiger partial charge < -0.3 is 4.90 Å². The molecule has 0 spiro atoms. The summed E-state index contributed by atoms with van der Waals surface area (Å²) in [5.41, 5.74) is 8.36. The lowest BCUT2D eigenvalue weighted by Crippen LogP contribution is -2.09. The van der Waals surface area contributed by atoms with Gasteiger partial charge in [-0.2, -0.15) is 0 Å². The average Bonchev–Trinajstić information content (AvgIpc) is 3.41. The van der Waals surface area contributed by atoms with Crippen molar-refractivity contribution in [2.24, 2.45) is 0 Å². The van der Waals surface area contributed by atoms with Gasteiger partial charge in [-0.1, -0.05) is 78.9 Å². The third kappa shape index (κ3) is 3.74. The zero-order valence-electron chi connectivity index (χ0n) is 21.9. The quantitative estimate of drug-likeness (QED) is 0.210. The number of pyridine rings is 1. The topological polar surface area (TPSA) is 16.1 Å². The van der Waals surface area contributed by atoms with E-state index in [9.17, 15) is 0 Å². The predicted molar refractivity (Wildman–Crippen MR) is 172 cm³/mol.